The van der Waals surface area contributed by atoms with Crippen LogP contribution in [0.4, 0.5) is 0 Å². The number of methoxy groups -OCH3 is 1. The van der Waals surface area contributed by atoms with Crippen LogP contribution in [0.25, 0.3) is 0 Å². The summed E-state index contributed by atoms with van der Waals surface area (Å²) in [6.07, 6.45) is 0.389. The number of hydrogen-bond acceptors (Lipinski definition) is 4. The third-order valence-corrected chi connectivity index (χ3v) is 3.20. The maximum Gasteiger partial charge on any atom is 0.328 e. The highest BCUT2D eigenvalue weighted by molar-refractivity contribution is 5.87. The Kier molecular flexibility index (Phi) is 5.70. The predicted molar refractivity (Wildman–Crippen MR) is 76.9 cm³/mol. The first-order chi connectivity index (χ1) is 9.40. The van der Waals surface area contributed by atoms with Gasteiger partial charge >= 0.3 is 5.97 Å². The number of carbonyl (C=O) groups is 2. The van der Waals surface area contributed by atoms with E-state index in [1.54, 1.807) is 13.8 Å². The van der Waals surface area contributed by atoms with Crippen LogP contribution in [0.1, 0.15) is 19.4 Å². The van der Waals surface area contributed by atoms with Crippen molar-refractivity contribution in [1.29, 1.82) is 0 Å². The lowest BCUT2D eigenvalue weighted by Gasteiger charge is -2.25. The van der Waals surface area contributed by atoms with Gasteiger partial charge in [0.1, 0.15) is 6.04 Å². The summed E-state index contributed by atoms with van der Waals surface area (Å²) in [6.45, 7) is 3.68. The number of amides is 1. The molecular weight excluding hydrogens is 256 g/mol. The number of rotatable bonds is 6. The molecule has 5 nitrogen and oxygen atoms in total. The number of benzene rings is 1. The molecule has 5 heteroatoms. The zero-order chi connectivity index (χ0) is 15.2. The number of ether oxygens (including phenoxy) is 1. The van der Waals surface area contributed by atoms with Gasteiger partial charge in [-0.3, -0.25) is 4.79 Å². The van der Waals surface area contributed by atoms with Crippen molar-refractivity contribution in [3.63, 3.8) is 0 Å². The van der Waals surface area contributed by atoms with Gasteiger partial charge in [-0.1, -0.05) is 30.3 Å². The monoisotopic (exact) mass is 278 g/mol. The zero-order valence-electron chi connectivity index (χ0n) is 12.2. The molecule has 0 saturated heterocycles. The molecule has 0 aliphatic carbocycles. The maximum absolute atomic E-state index is 12.1. The second-order valence-electron chi connectivity index (χ2n) is 5.33. The van der Waals surface area contributed by atoms with Gasteiger partial charge in [-0.25, -0.2) is 4.79 Å². The van der Waals surface area contributed by atoms with E-state index in [4.69, 9.17) is 10.5 Å². The lowest BCUT2D eigenvalue weighted by molar-refractivity contribution is -0.146. The van der Waals surface area contributed by atoms with Gasteiger partial charge in [0.2, 0.25) is 5.91 Å². The first kappa shape index (κ1) is 16.2. The van der Waals surface area contributed by atoms with E-state index in [0.717, 1.165) is 5.56 Å². The summed E-state index contributed by atoms with van der Waals surface area (Å²) in [5.74, 6) is -0.721. The topological polar surface area (TPSA) is 81.4 Å². The quantitative estimate of drug-likeness (QED) is 0.757. The molecule has 3 N–H and O–H groups in total. The Morgan fingerprint density at radius 2 is 1.90 bits per heavy atom. The van der Waals surface area contributed by atoms with Crippen LogP contribution in [-0.2, 0) is 20.7 Å². The molecular formula is C15H22N2O3. The van der Waals surface area contributed by atoms with E-state index in [1.165, 1.54) is 7.11 Å². The summed E-state index contributed by atoms with van der Waals surface area (Å²) in [4.78, 5) is 23.9. The fourth-order valence-corrected chi connectivity index (χ4v) is 1.63. The minimum Gasteiger partial charge on any atom is -0.467 e. The summed E-state index contributed by atoms with van der Waals surface area (Å²) in [5.41, 5.74) is 5.80. The molecule has 1 rings (SSSR count). The summed E-state index contributed by atoms with van der Waals surface area (Å²) in [7, 11) is 1.31. The largest absolute Gasteiger partial charge is 0.467 e. The standard InChI is InChI=1S/C15H22N2O3/c1-15(2,10-16)14(19)17-12(13(18)20-3)9-11-7-5-4-6-8-11/h4-8,12H,9-10,16H2,1-3H3,(H,17,19). The molecule has 0 aliphatic heterocycles. The van der Waals surface area contributed by atoms with Crippen LogP contribution in [-0.4, -0.2) is 31.6 Å². The molecule has 20 heavy (non-hydrogen) atoms. The van der Waals surface area contributed by atoms with E-state index < -0.39 is 17.4 Å². The van der Waals surface area contributed by atoms with Gasteiger partial charge in [0.05, 0.1) is 12.5 Å². The lowest BCUT2D eigenvalue weighted by atomic mass is 9.92. The van der Waals surface area contributed by atoms with Gasteiger partial charge in [-0.15, -0.1) is 0 Å². The van der Waals surface area contributed by atoms with Crippen molar-refractivity contribution in [3.05, 3.63) is 35.9 Å². The summed E-state index contributed by atoms with van der Waals surface area (Å²) in [5, 5.41) is 2.71. The summed E-state index contributed by atoms with van der Waals surface area (Å²) < 4.78 is 4.75. The molecule has 1 aromatic rings. The zero-order valence-corrected chi connectivity index (χ0v) is 12.2. The molecule has 1 unspecified atom stereocenters. The number of hydrogen-bond donors (Lipinski definition) is 2. The molecule has 1 aromatic carbocycles. The average molecular weight is 278 g/mol. The average Bonchev–Trinajstić information content (AvgIpc) is 2.46. The highest BCUT2D eigenvalue weighted by Gasteiger charge is 2.30. The maximum atomic E-state index is 12.1. The predicted octanol–water partition coefficient (Wildman–Crippen LogP) is 0.872. The van der Waals surface area contributed by atoms with Crippen molar-refractivity contribution in [3.8, 4) is 0 Å². The Balaban J connectivity index is 2.81. The number of nitrogens with two attached hydrogens (primary N) is 1. The van der Waals surface area contributed by atoms with Crippen molar-refractivity contribution < 1.29 is 14.3 Å². The first-order valence-corrected chi connectivity index (χ1v) is 6.53. The van der Waals surface area contributed by atoms with Gasteiger partial charge in [0.15, 0.2) is 0 Å². The van der Waals surface area contributed by atoms with E-state index in [2.05, 4.69) is 5.32 Å². The van der Waals surface area contributed by atoms with Crippen molar-refractivity contribution in [2.75, 3.05) is 13.7 Å². The van der Waals surface area contributed by atoms with Crippen LogP contribution in [0.2, 0.25) is 0 Å². The Morgan fingerprint density at radius 3 is 2.40 bits per heavy atom. The third-order valence-electron chi connectivity index (χ3n) is 3.20. The van der Waals surface area contributed by atoms with E-state index in [1.807, 2.05) is 30.3 Å². The minimum absolute atomic E-state index is 0.206. The Hall–Kier alpha value is -1.88. The molecule has 0 aliphatic rings. The van der Waals surface area contributed by atoms with Crippen LogP contribution < -0.4 is 11.1 Å². The third kappa shape index (κ3) is 4.35. The summed E-state index contributed by atoms with van der Waals surface area (Å²) >= 11 is 0. The van der Waals surface area contributed by atoms with Gasteiger partial charge in [-0.05, 0) is 19.4 Å². The number of esters is 1. The van der Waals surface area contributed by atoms with Crippen LogP contribution in [0.3, 0.4) is 0 Å². The normalized spacial score (nSPS) is 12.6. The van der Waals surface area contributed by atoms with E-state index in [-0.39, 0.29) is 12.5 Å². The van der Waals surface area contributed by atoms with Crippen LogP contribution in [0.15, 0.2) is 30.3 Å². The van der Waals surface area contributed by atoms with Crippen LogP contribution in [0, 0.1) is 5.41 Å². The van der Waals surface area contributed by atoms with E-state index >= 15 is 0 Å². The molecule has 1 atom stereocenters. The number of carbonyl (C=O) groups excluding carboxylic acids is 2. The molecule has 0 bridgehead atoms. The van der Waals surface area contributed by atoms with Crippen molar-refractivity contribution in [1.82, 2.24) is 5.32 Å². The SMILES string of the molecule is COC(=O)C(Cc1ccccc1)NC(=O)C(C)(C)CN. The van der Waals surface area contributed by atoms with Crippen LogP contribution >= 0.6 is 0 Å². The molecule has 1 amide bonds. The molecule has 0 heterocycles. The Labute approximate surface area is 119 Å². The van der Waals surface area contributed by atoms with E-state index in [9.17, 15) is 9.59 Å². The highest BCUT2D eigenvalue weighted by atomic mass is 16.5. The molecule has 0 saturated carbocycles. The van der Waals surface area contributed by atoms with Crippen molar-refractivity contribution >= 4 is 11.9 Å². The fraction of sp³-hybridized carbons (Fsp3) is 0.467. The fourth-order valence-electron chi connectivity index (χ4n) is 1.63. The van der Waals surface area contributed by atoms with Gasteiger partial charge in [-0.2, -0.15) is 0 Å². The van der Waals surface area contributed by atoms with Gasteiger partial charge in [0, 0.05) is 13.0 Å². The Bertz CT molecular complexity index is 457. The molecule has 0 fully saturated rings. The number of nitrogens with one attached hydrogen (secondary N) is 1. The molecule has 0 spiro atoms. The second kappa shape index (κ2) is 7.05. The summed E-state index contributed by atoms with van der Waals surface area (Å²) in [6, 6.07) is 8.75. The second-order valence-corrected chi connectivity index (χ2v) is 5.33. The first-order valence-electron chi connectivity index (χ1n) is 6.53. The minimum atomic E-state index is -0.719. The van der Waals surface area contributed by atoms with Crippen molar-refractivity contribution in [2.24, 2.45) is 11.1 Å². The Morgan fingerprint density at radius 1 is 1.30 bits per heavy atom. The van der Waals surface area contributed by atoms with Crippen LogP contribution in [0.5, 0.6) is 0 Å². The molecule has 110 valence electrons. The highest BCUT2D eigenvalue weighted by Crippen LogP contribution is 2.14. The molecule has 0 aromatic heterocycles. The molecule has 0 radical (unpaired) electrons. The lowest BCUT2D eigenvalue weighted by Crippen LogP contribution is -2.50. The van der Waals surface area contributed by atoms with E-state index in [0.29, 0.717) is 6.42 Å². The smallest absolute Gasteiger partial charge is 0.328 e. The van der Waals surface area contributed by atoms with Gasteiger partial charge in [0.25, 0.3) is 0 Å². The van der Waals surface area contributed by atoms with Crippen molar-refractivity contribution in [2.45, 2.75) is 26.3 Å². The van der Waals surface area contributed by atoms with Gasteiger partial charge < -0.3 is 15.8 Å².